The predicted molar refractivity (Wildman–Crippen MR) is 67.1 cm³/mol. The van der Waals surface area contributed by atoms with Gasteiger partial charge in [0.25, 0.3) is 0 Å². The van der Waals surface area contributed by atoms with Crippen molar-refractivity contribution in [1.29, 1.82) is 0 Å². The van der Waals surface area contributed by atoms with Crippen LogP contribution in [0.15, 0.2) is 0 Å². The van der Waals surface area contributed by atoms with Crippen molar-refractivity contribution in [3.63, 3.8) is 0 Å². The molecule has 0 radical (unpaired) electrons. The Kier molecular flexibility index (Phi) is 4.40. The first-order chi connectivity index (χ1) is 8.20. The highest BCUT2D eigenvalue weighted by atomic mass is 16.4. The highest BCUT2D eigenvalue weighted by Crippen LogP contribution is 2.22. The number of hydrogen-bond donors (Lipinski definition) is 1. The fourth-order valence-electron chi connectivity index (χ4n) is 3.21. The minimum absolute atomic E-state index is 0.265. The Labute approximate surface area is 104 Å². The second kappa shape index (κ2) is 5.83. The number of aliphatic carboxylic acids is 1. The lowest BCUT2D eigenvalue weighted by Crippen LogP contribution is -2.40. The quantitative estimate of drug-likeness (QED) is 0.786. The zero-order valence-corrected chi connectivity index (χ0v) is 10.8. The molecule has 17 heavy (non-hydrogen) atoms. The molecular formula is C13H24N2O2. The monoisotopic (exact) mass is 240 g/mol. The molecule has 2 fully saturated rings. The molecule has 2 saturated heterocycles. The van der Waals surface area contributed by atoms with E-state index in [1.807, 2.05) is 6.92 Å². The van der Waals surface area contributed by atoms with Crippen molar-refractivity contribution in [2.75, 3.05) is 32.7 Å². The topological polar surface area (TPSA) is 43.8 Å². The molecule has 2 unspecified atom stereocenters. The normalized spacial score (nSPS) is 28.6. The van der Waals surface area contributed by atoms with Crippen LogP contribution in [0.5, 0.6) is 0 Å². The second-order valence-corrected chi connectivity index (χ2v) is 5.42. The summed E-state index contributed by atoms with van der Waals surface area (Å²) in [7, 11) is 0. The lowest BCUT2D eigenvalue weighted by molar-refractivity contribution is -0.143. The number of carboxylic acids is 1. The van der Waals surface area contributed by atoms with E-state index in [0.717, 1.165) is 13.1 Å². The van der Waals surface area contributed by atoms with Crippen molar-refractivity contribution in [2.24, 2.45) is 5.92 Å². The van der Waals surface area contributed by atoms with E-state index in [4.69, 9.17) is 5.11 Å². The van der Waals surface area contributed by atoms with Crippen molar-refractivity contribution in [2.45, 2.75) is 38.6 Å². The van der Waals surface area contributed by atoms with E-state index in [2.05, 4.69) is 9.80 Å². The van der Waals surface area contributed by atoms with Crippen LogP contribution in [0.25, 0.3) is 0 Å². The largest absolute Gasteiger partial charge is 0.480 e. The molecule has 0 amide bonds. The highest BCUT2D eigenvalue weighted by Gasteiger charge is 2.32. The number of nitrogens with zero attached hydrogens (tertiary/aromatic N) is 2. The lowest BCUT2D eigenvalue weighted by Gasteiger charge is -2.24. The highest BCUT2D eigenvalue weighted by molar-refractivity contribution is 5.73. The Morgan fingerprint density at radius 3 is 2.65 bits per heavy atom. The predicted octanol–water partition coefficient (Wildman–Crippen LogP) is 1.27. The van der Waals surface area contributed by atoms with Crippen LogP contribution in [0.4, 0.5) is 0 Å². The third-order valence-electron chi connectivity index (χ3n) is 4.14. The van der Waals surface area contributed by atoms with Crippen molar-refractivity contribution in [3.05, 3.63) is 0 Å². The third kappa shape index (κ3) is 3.19. The molecular weight excluding hydrogens is 216 g/mol. The molecule has 98 valence electrons. The molecule has 0 spiro atoms. The standard InChI is InChI=1S/C13H24N2O2/c1-2-12(13(16)17)15-8-5-11(10-15)9-14-6-3-4-7-14/h11-12H,2-10H2,1H3,(H,16,17). The van der Waals surface area contributed by atoms with Crippen molar-refractivity contribution in [1.82, 2.24) is 9.80 Å². The maximum atomic E-state index is 11.1. The Hall–Kier alpha value is -0.610. The average Bonchev–Trinajstić information content (AvgIpc) is 2.91. The number of rotatable bonds is 5. The van der Waals surface area contributed by atoms with Gasteiger partial charge in [-0.25, -0.2) is 0 Å². The van der Waals surface area contributed by atoms with E-state index in [1.54, 1.807) is 0 Å². The van der Waals surface area contributed by atoms with Crippen LogP contribution in [0.2, 0.25) is 0 Å². The van der Waals surface area contributed by atoms with E-state index in [-0.39, 0.29) is 6.04 Å². The van der Waals surface area contributed by atoms with Gasteiger partial charge in [0.2, 0.25) is 0 Å². The Morgan fingerprint density at radius 1 is 1.35 bits per heavy atom. The van der Waals surface area contributed by atoms with Gasteiger partial charge in [-0.3, -0.25) is 9.69 Å². The van der Waals surface area contributed by atoms with Crippen LogP contribution in [-0.4, -0.2) is 59.6 Å². The van der Waals surface area contributed by atoms with Gasteiger partial charge in [-0.2, -0.15) is 0 Å². The molecule has 1 N–H and O–H groups in total. The Morgan fingerprint density at radius 2 is 2.06 bits per heavy atom. The van der Waals surface area contributed by atoms with Gasteiger partial charge in [-0.15, -0.1) is 0 Å². The summed E-state index contributed by atoms with van der Waals surface area (Å²) in [6.45, 7) is 7.56. The van der Waals surface area contributed by atoms with Crippen molar-refractivity contribution in [3.8, 4) is 0 Å². The second-order valence-electron chi connectivity index (χ2n) is 5.42. The zero-order valence-electron chi connectivity index (χ0n) is 10.8. The van der Waals surface area contributed by atoms with E-state index in [1.165, 1.54) is 38.9 Å². The number of carbonyl (C=O) groups is 1. The summed E-state index contributed by atoms with van der Waals surface area (Å²) in [5.74, 6) is 0.0239. The fraction of sp³-hybridized carbons (Fsp3) is 0.923. The maximum Gasteiger partial charge on any atom is 0.320 e. The zero-order chi connectivity index (χ0) is 12.3. The van der Waals surface area contributed by atoms with Gasteiger partial charge in [-0.05, 0) is 51.2 Å². The molecule has 2 aliphatic rings. The summed E-state index contributed by atoms with van der Waals surface area (Å²) in [5.41, 5.74) is 0. The Bertz CT molecular complexity index is 264. The van der Waals surface area contributed by atoms with Crippen LogP contribution in [0, 0.1) is 5.92 Å². The first-order valence-electron chi connectivity index (χ1n) is 6.90. The van der Waals surface area contributed by atoms with E-state index in [0.29, 0.717) is 12.3 Å². The lowest BCUT2D eigenvalue weighted by atomic mass is 10.1. The molecule has 0 aromatic rings. The maximum absolute atomic E-state index is 11.1. The molecule has 2 heterocycles. The van der Waals surface area contributed by atoms with Crippen LogP contribution in [0.3, 0.4) is 0 Å². The first kappa shape index (κ1) is 12.8. The molecule has 4 nitrogen and oxygen atoms in total. The summed E-state index contributed by atoms with van der Waals surface area (Å²) in [4.78, 5) is 15.8. The van der Waals surface area contributed by atoms with Gasteiger partial charge in [0.05, 0.1) is 0 Å². The van der Waals surface area contributed by atoms with Crippen LogP contribution < -0.4 is 0 Å². The SMILES string of the molecule is CCC(C(=O)O)N1CCC(CN2CCCC2)C1. The minimum atomic E-state index is -0.658. The van der Waals surface area contributed by atoms with Crippen molar-refractivity contribution < 1.29 is 9.90 Å². The molecule has 2 atom stereocenters. The fourth-order valence-corrected chi connectivity index (χ4v) is 3.21. The third-order valence-corrected chi connectivity index (χ3v) is 4.14. The minimum Gasteiger partial charge on any atom is -0.480 e. The smallest absolute Gasteiger partial charge is 0.320 e. The van der Waals surface area contributed by atoms with E-state index >= 15 is 0 Å². The van der Waals surface area contributed by atoms with Gasteiger partial charge in [0, 0.05) is 13.1 Å². The van der Waals surface area contributed by atoms with Gasteiger partial charge in [0.15, 0.2) is 0 Å². The molecule has 2 aliphatic heterocycles. The van der Waals surface area contributed by atoms with Gasteiger partial charge >= 0.3 is 5.97 Å². The first-order valence-corrected chi connectivity index (χ1v) is 6.90. The molecule has 4 heteroatoms. The molecule has 0 aromatic heterocycles. The number of hydrogen-bond acceptors (Lipinski definition) is 3. The van der Waals surface area contributed by atoms with Gasteiger partial charge < -0.3 is 10.0 Å². The van der Waals surface area contributed by atoms with Gasteiger partial charge in [-0.1, -0.05) is 6.92 Å². The number of carboxylic acid groups (broad SMARTS) is 1. The summed E-state index contributed by atoms with van der Waals surface area (Å²) < 4.78 is 0. The van der Waals surface area contributed by atoms with Crippen molar-refractivity contribution >= 4 is 5.97 Å². The average molecular weight is 240 g/mol. The molecule has 2 rings (SSSR count). The Balaban J connectivity index is 1.79. The molecule has 0 saturated carbocycles. The summed E-state index contributed by atoms with van der Waals surface area (Å²) in [6.07, 6.45) is 4.55. The van der Waals surface area contributed by atoms with E-state index < -0.39 is 5.97 Å². The molecule has 0 aliphatic carbocycles. The van der Waals surface area contributed by atoms with E-state index in [9.17, 15) is 4.79 Å². The van der Waals surface area contributed by atoms with Crippen LogP contribution in [0.1, 0.15) is 32.6 Å². The summed E-state index contributed by atoms with van der Waals surface area (Å²) >= 11 is 0. The molecule has 0 bridgehead atoms. The summed E-state index contributed by atoms with van der Waals surface area (Å²) in [6, 6.07) is -0.265. The van der Waals surface area contributed by atoms with Crippen LogP contribution in [-0.2, 0) is 4.79 Å². The molecule has 0 aromatic carbocycles. The number of likely N-dealkylation sites (tertiary alicyclic amines) is 2. The van der Waals surface area contributed by atoms with Gasteiger partial charge in [0.1, 0.15) is 6.04 Å². The van der Waals surface area contributed by atoms with Crippen LogP contribution >= 0.6 is 0 Å². The summed E-state index contributed by atoms with van der Waals surface area (Å²) in [5, 5.41) is 9.15.